The summed E-state index contributed by atoms with van der Waals surface area (Å²) in [4.78, 5) is 12.6. The Kier molecular flexibility index (Phi) is 6.27. The number of ether oxygens (including phenoxy) is 2. The highest BCUT2D eigenvalue weighted by atomic mass is 79.9. The Hall–Kier alpha value is -3.20. The van der Waals surface area contributed by atoms with E-state index in [1.54, 1.807) is 19.1 Å². The fourth-order valence-corrected chi connectivity index (χ4v) is 3.48. The van der Waals surface area contributed by atoms with Crippen LogP contribution in [0.2, 0.25) is 0 Å². The summed E-state index contributed by atoms with van der Waals surface area (Å²) in [7, 11) is 0. The summed E-state index contributed by atoms with van der Waals surface area (Å²) < 4.78 is 51.3. The normalized spacial score (nSPS) is 11.5. The van der Waals surface area contributed by atoms with Crippen LogP contribution in [0, 0.1) is 0 Å². The molecule has 32 heavy (non-hydrogen) atoms. The van der Waals surface area contributed by atoms with Crippen LogP contribution in [-0.4, -0.2) is 21.6 Å². The van der Waals surface area contributed by atoms with Crippen molar-refractivity contribution in [2.45, 2.75) is 19.5 Å². The van der Waals surface area contributed by atoms with Crippen LogP contribution in [0.3, 0.4) is 0 Å². The highest BCUT2D eigenvalue weighted by Crippen LogP contribution is 2.30. The Morgan fingerprint density at radius 2 is 1.62 bits per heavy atom. The zero-order valence-electron chi connectivity index (χ0n) is 16.9. The summed E-state index contributed by atoms with van der Waals surface area (Å²) in [6, 6.07) is 16.5. The number of hydrogen-bond acceptors (Lipinski definition) is 5. The van der Waals surface area contributed by atoms with E-state index in [1.165, 1.54) is 6.07 Å². The second-order valence-corrected chi connectivity index (χ2v) is 7.80. The number of alkyl halides is 3. The van der Waals surface area contributed by atoms with Crippen LogP contribution in [-0.2, 0) is 12.6 Å². The van der Waals surface area contributed by atoms with Gasteiger partial charge in [0, 0.05) is 10.9 Å². The minimum Gasteiger partial charge on any atom is -0.464 e. The smallest absolute Gasteiger partial charge is 0.416 e. The number of rotatable bonds is 6. The zero-order chi connectivity index (χ0) is 22.7. The molecule has 0 atom stereocenters. The molecule has 0 saturated carbocycles. The van der Waals surface area contributed by atoms with Crippen molar-refractivity contribution in [3.8, 4) is 17.8 Å². The number of fused-ring (bicyclic) bond motifs is 1. The first kappa shape index (κ1) is 22.0. The van der Waals surface area contributed by atoms with Crippen molar-refractivity contribution in [3.05, 3.63) is 82.1 Å². The minimum atomic E-state index is -4.43. The monoisotopic (exact) mass is 503 g/mol. The Morgan fingerprint density at radius 1 is 0.875 bits per heavy atom. The molecule has 164 valence electrons. The van der Waals surface area contributed by atoms with Gasteiger partial charge in [-0.25, -0.2) is 0 Å². The molecule has 0 bridgehead atoms. The molecule has 5 nitrogen and oxygen atoms in total. The number of nitrogens with zero attached hydrogens (tertiary/aromatic N) is 3. The van der Waals surface area contributed by atoms with Gasteiger partial charge in [-0.3, -0.25) is 0 Å². The van der Waals surface area contributed by atoms with E-state index in [4.69, 9.17) is 9.47 Å². The number of benzene rings is 3. The van der Waals surface area contributed by atoms with Crippen molar-refractivity contribution in [3.63, 3.8) is 0 Å². The lowest BCUT2D eigenvalue weighted by Crippen LogP contribution is -2.08. The molecule has 0 saturated heterocycles. The Morgan fingerprint density at radius 3 is 2.41 bits per heavy atom. The third kappa shape index (κ3) is 5.34. The second kappa shape index (κ2) is 9.12. The van der Waals surface area contributed by atoms with Crippen molar-refractivity contribution >= 4 is 26.7 Å². The summed E-state index contributed by atoms with van der Waals surface area (Å²) >= 11 is 3.44. The molecule has 1 aromatic heterocycles. The van der Waals surface area contributed by atoms with E-state index in [-0.39, 0.29) is 24.3 Å². The van der Waals surface area contributed by atoms with Gasteiger partial charge in [0.05, 0.1) is 12.2 Å². The largest absolute Gasteiger partial charge is 0.464 e. The Labute approximate surface area is 190 Å². The molecule has 1 heterocycles. The second-order valence-electron chi connectivity index (χ2n) is 6.88. The Balaban J connectivity index is 1.63. The molecule has 0 aliphatic heterocycles. The predicted molar refractivity (Wildman–Crippen MR) is 117 cm³/mol. The Bertz CT molecular complexity index is 1260. The lowest BCUT2D eigenvalue weighted by Gasteiger charge is -2.10. The molecular weight excluding hydrogens is 487 g/mol. The highest BCUT2D eigenvalue weighted by molar-refractivity contribution is 9.10. The third-order valence-corrected chi connectivity index (χ3v) is 5.01. The summed E-state index contributed by atoms with van der Waals surface area (Å²) in [6.07, 6.45) is -4.36. The van der Waals surface area contributed by atoms with Gasteiger partial charge in [0.1, 0.15) is 11.6 Å². The van der Waals surface area contributed by atoms with Crippen LogP contribution in [0.1, 0.15) is 23.9 Å². The van der Waals surface area contributed by atoms with Gasteiger partial charge in [-0.05, 0) is 53.6 Å². The standard InChI is InChI=1S/C23H17BrF3N3O2/c1-2-31-21-28-20(11-14-4-3-5-17(10-14)23(25,26)27)29-22(30-21)32-19-9-7-15-12-18(24)8-6-16(15)13-19/h3-10,12-13H,2,11H2,1H3. The van der Waals surface area contributed by atoms with Crippen molar-refractivity contribution < 1.29 is 22.6 Å². The molecule has 0 aliphatic carbocycles. The van der Waals surface area contributed by atoms with Gasteiger partial charge >= 0.3 is 18.2 Å². The minimum absolute atomic E-state index is 0.00175. The van der Waals surface area contributed by atoms with E-state index < -0.39 is 11.7 Å². The lowest BCUT2D eigenvalue weighted by atomic mass is 10.1. The maximum absolute atomic E-state index is 13.0. The molecular formula is C23H17BrF3N3O2. The number of aromatic nitrogens is 3. The molecule has 4 rings (SSSR count). The SMILES string of the molecule is CCOc1nc(Cc2cccc(C(F)(F)F)c2)nc(Oc2ccc3cc(Br)ccc3c2)n1. The van der Waals surface area contributed by atoms with Gasteiger partial charge in [0.2, 0.25) is 0 Å². The molecule has 0 fully saturated rings. The summed E-state index contributed by atoms with van der Waals surface area (Å²) in [5.41, 5.74) is -0.316. The lowest BCUT2D eigenvalue weighted by molar-refractivity contribution is -0.137. The molecule has 0 radical (unpaired) electrons. The van der Waals surface area contributed by atoms with Crippen molar-refractivity contribution in [2.75, 3.05) is 6.61 Å². The molecule has 0 unspecified atom stereocenters. The van der Waals surface area contributed by atoms with Gasteiger partial charge in [0.15, 0.2) is 0 Å². The van der Waals surface area contributed by atoms with Crippen LogP contribution in [0.5, 0.6) is 17.8 Å². The number of halogens is 4. The quantitative estimate of drug-likeness (QED) is 0.297. The fourth-order valence-electron chi connectivity index (χ4n) is 3.10. The molecule has 3 aromatic carbocycles. The third-order valence-electron chi connectivity index (χ3n) is 4.51. The topological polar surface area (TPSA) is 57.1 Å². The molecule has 0 spiro atoms. The van der Waals surface area contributed by atoms with Gasteiger partial charge < -0.3 is 9.47 Å². The average molecular weight is 504 g/mol. The van der Waals surface area contributed by atoms with Gasteiger partial charge in [0.25, 0.3) is 0 Å². The van der Waals surface area contributed by atoms with E-state index in [1.807, 2.05) is 30.3 Å². The first-order valence-electron chi connectivity index (χ1n) is 9.71. The summed E-state index contributed by atoms with van der Waals surface area (Å²) in [5.74, 6) is 0.751. The van der Waals surface area contributed by atoms with Crippen molar-refractivity contribution in [1.29, 1.82) is 0 Å². The first-order valence-corrected chi connectivity index (χ1v) is 10.5. The van der Waals surface area contributed by atoms with E-state index in [0.717, 1.165) is 27.4 Å². The average Bonchev–Trinajstić information content (AvgIpc) is 2.73. The van der Waals surface area contributed by atoms with Crippen LogP contribution >= 0.6 is 15.9 Å². The van der Waals surface area contributed by atoms with Crippen molar-refractivity contribution in [2.24, 2.45) is 0 Å². The van der Waals surface area contributed by atoms with Crippen LogP contribution in [0.4, 0.5) is 13.2 Å². The summed E-state index contributed by atoms with van der Waals surface area (Å²) in [5, 5.41) is 2.00. The molecule has 4 aromatic rings. The first-order chi connectivity index (χ1) is 15.3. The molecule has 9 heteroatoms. The van der Waals surface area contributed by atoms with Crippen LogP contribution in [0.25, 0.3) is 10.8 Å². The molecule has 0 N–H and O–H groups in total. The van der Waals surface area contributed by atoms with Crippen LogP contribution < -0.4 is 9.47 Å². The van der Waals surface area contributed by atoms with E-state index in [9.17, 15) is 13.2 Å². The van der Waals surface area contributed by atoms with E-state index >= 15 is 0 Å². The fraction of sp³-hybridized carbons (Fsp3) is 0.174. The summed E-state index contributed by atoms with van der Waals surface area (Å²) in [6.45, 7) is 2.09. The van der Waals surface area contributed by atoms with E-state index in [2.05, 4.69) is 30.9 Å². The van der Waals surface area contributed by atoms with Crippen LogP contribution in [0.15, 0.2) is 65.1 Å². The van der Waals surface area contributed by atoms with Gasteiger partial charge in [-0.15, -0.1) is 4.98 Å². The van der Waals surface area contributed by atoms with Gasteiger partial charge in [-0.1, -0.05) is 46.3 Å². The highest BCUT2D eigenvalue weighted by Gasteiger charge is 2.30. The number of hydrogen-bond donors (Lipinski definition) is 0. The predicted octanol–water partition coefficient (Wildman–Crippen LogP) is 6.59. The van der Waals surface area contributed by atoms with Gasteiger partial charge in [-0.2, -0.15) is 23.1 Å². The molecule has 0 amide bonds. The molecule has 0 aliphatic rings. The zero-order valence-corrected chi connectivity index (χ0v) is 18.4. The maximum atomic E-state index is 13.0. The maximum Gasteiger partial charge on any atom is 0.416 e. The van der Waals surface area contributed by atoms with E-state index in [0.29, 0.717) is 17.9 Å². The van der Waals surface area contributed by atoms with Crippen molar-refractivity contribution in [1.82, 2.24) is 15.0 Å².